The average molecular weight is 537 g/mol. The largest absolute Gasteiger partial charge is 0.497 e. The van der Waals surface area contributed by atoms with E-state index in [0.29, 0.717) is 29.3 Å². The quantitative estimate of drug-likeness (QED) is 0.255. The number of hydrogen-bond donors (Lipinski definition) is 3. The van der Waals surface area contributed by atoms with Crippen molar-refractivity contribution in [2.24, 2.45) is 0 Å². The predicted molar refractivity (Wildman–Crippen MR) is 151 cm³/mol. The number of methoxy groups -OCH3 is 1. The van der Waals surface area contributed by atoms with Crippen molar-refractivity contribution in [2.45, 2.75) is 19.0 Å². The average Bonchev–Trinajstić information content (AvgIpc) is 3.63. The maximum atomic E-state index is 12.6. The van der Waals surface area contributed by atoms with E-state index >= 15 is 0 Å². The van der Waals surface area contributed by atoms with Gasteiger partial charge in [0.15, 0.2) is 11.5 Å². The highest BCUT2D eigenvalue weighted by atomic mass is 16.5. The molecule has 3 aromatic heterocycles. The van der Waals surface area contributed by atoms with Crippen LogP contribution < -0.4 is 25.4 Å². The fraction of sp³-hybridized carbons (Fsp3) is 0.207. The molecule has 1 atom stereocenters. The van der Waals surface area contributed by atoms with Gasteiger partial charge in [0.05, 0.1) is 13.7 Å². The molecule has 0 aliphatic carbocycles. The van der Waals surface area contributed by atoms with E-state index in [1.54, 1.807) is 56.0 Å². The Bertz CT molecular complexity index is 1600. The number of amides is 1. The van der Waals surface area contributed by atoms with Crippen LogP contribution in [0.4, 0.5) is 11.8 Å². The monoisotopic (exact) mass is 536 g/mol. The van der Waals surface area contributed by atoms with E-state index in [0.717, 1.165) is 42.0 Å². The van der Waals surface area contributed by atoms with Gasteiger partial charge in [0.2, 0.25) is 5.95 Å². The summed E-state index contributed by atoms with van der Waals surface area (Å²) in [6, 6.07) is 18.6. The van der Waals surface area contributed by atoms with Crippen molar-refractivity contribution in [1.82, 2.24) is 30.0 Å². The molecule has 0 bridgehead atoms. The molecule has 0 unspecified atom stereocenters. The van der Waals surface area contributed by atoms with Crippen LogP contribution in [0.2, 0.25) is 0 Å². The normalized spacial score (nSPS) is 14.7. The first-order valence-corrected chi connectivity index (χ1v) is 13.0. The van der Waals surface area contributed by atoms with Crippen LogP contribution in [0.3, 0.4) is 0 Å². The fourth-order valence-corrected chi connectivity index (χ4v) is 4.58. The molecule has 1 amide bonds. The molecule has 6 rings (SSSR count). The van der Waals surface area contributed by atoms with Gasteiger partial charge in [0.1, 0.15) is 22.6 Å². The summed E-state index contributed by atoms with van der Waals surface area (Å²) in [5.41, 5.74) is 2.24. The molecule has 11 heteroatoms. The number of anilines is 2. The van der Waals surface area contributed by atoms with E-state index in [-0.39, 0.29) is 17.9 Å². The van der Waals surface area contributed by atoms with Crippen LogP contribution in [-0.4, -0.2) is 56.9 Å². The van der Waals surface area contributed by atoms with Crippen LogP contribution in [0.5, 0.6) is 17.2 Å². The van der Waals surface area contributed by atoms with E-state index < -0.39 is 0 Å². The summed E-state index contributed by atoms with van der Waals surface area (Å²) >= 11 is 0. The van der Waals surface area contributed by atoms with Gasteiger partial charge in [-0.3, -0.25) is 10.1 Å². The molecule has 0 saturated carbocycles. The molecule has 4 heterocycles. The second-order valence-corrected chi connectivity index (χ2v) is 9.35. The Labute approximate surface area is 230 Å². The summed E-state index contributed by atoms with van der Waals surface area (Å²) in [6.45, 7) is 2.36. The van der Waals surface area contributed by atoms with Crippen LogP contribution in [0.1, 0.15) is 22.3 Å². The van der Waals surface area contributed by atoms with E-state index in [9.17, 15) is 4.79 Å². The zero-order chi connectivity index (χ0) is 27.3. The molecule has 0 radical (unpaired) electrons. The molecule has 40 heavy (non-hydrogen) atoms. The van der Waals surface area contributed by atoms with Crippen molar-refractivity contribution < 1.29 is 14.3 Å². The molecule has 1 fully saturated rings. The number of ether oxygens (including phenoxy) is 2. The van der Waals surface area contributed by atoms with E-state index in [2.05, 4.69) is 30.9 Å². The highest BCUT2D eigenvalue weighted by molar-refractivity contribution is 6.03. The molecule has 2 aromatic carbocycles. The summed E-state index contributed by atoms with van der Waals surface area (Å²) in [6.07, 6.45) is 5.86. The standard InChI is InChI=1S/C29H28N8O3/c1-39-22-7-3-19(4-8-22)18-37-27-25(26(36-37)34-21-11-15-30-17-21)24(12-16-31-27)40-23-9-5-20(6-10-23)28(38)35-29-32-13-2-14-33-29/h2-10,12-14,16,21,30H,11,15,17-18H2,1H3,(H,34,36)(H,32,33,35,38)/t21-/m1/s1. The number of nitrogens with one attached hydrogen (secondary N) is 3. The second kappa shape index (κ2) is 11.4. The number of hydrogen-bond acceptors (Lipinski definition) is 9. The molecular weight excluding hydrogens is 508 g/mol. The second-order valence-electron chi connectivity index (χ2n) is 9.35. The first-order valence-electron chi connectivity index (χ1n) is 13.0. The van der Waals surface area contributed by atoms with Crippen LogP contribution >= 0.6 is 0 Å². The molecule has 11 nitrogen and oxygen atoms in total. The van der Waals surface area contributed by atoms with E-state index in [4.69, 9.17) is 14.6 Å². The van der Waals surface area contributed by atoms with E-state index in [1.165, 1.54) is 0 Å². The van der Waals surface area contributed by atoms with Gasteiger partial charge in [-0.15, -0.1) is 0 Å². The predicted octanol–water partition coefficient (Wildman–Crippen LogP) is 4.10. The minimum absolute atomic E-state index is 0.246. The van der Waals surface area contributed by atoms with Crippen LogP contribution in [0.15, 0.2) is 79.3 Å². The third-order valence-electron chi connectivity index (χ3n) is 6.62. The van der Waals surface area contributed by atoms with Gasteiger partial charge in [0, 0.05) is 42.8 Å². The van der Waals surface area contributed by atoms with Gasteiger partial charge < -0.3 is 20.1 Å². The van der Waals surface area contributed by atoms with Gasteiger partial charge in [-0.1, -0.05) is 12.1 Å². The number of rotatable bonds is 9. The SMILES string of the molecule is COc1ccc(Cn2nc(N[C@@H]3CCNC3)c3c(Oc4ccc(C(=O)Nc5ncccn5)cc4)ccnc32)cc1. The minimum atomic E-state index is -0.305. The zero-order valence-corrected chi connectivity index (χ0v) is 21.9. The Kier molecular flexibility index (Phi) is 7.18. The number of aromatic nitrogens is 5. The number of carbonyl (C=O) groups is 1. The number of carbonyl (C=O) groups excluding carboxylic acids is 1. The Morgan fingerprint density at radius 2 is 1.77 bits per heavy atom. The lowest BCUT2D eigenvalue weighted by molar-refractivity contribution is 0.102. The molecule has 3 N–H and O–H groups in total. The molecule has 1 aliphatic heterocycles. The smallest absolute Gasteiger partial charge is 0.258 e. The van der Waals surface area contributed by atoms with Crippen molar-refractivity contribution in [3.63, 3.8) is 0 Å². The summed E-state index contributed by atoms with van der Waals surface area (Å²) in [7, 11) is 1.65. The topological polar surface area (TPSA) is 128 Å². The van der Waals surface area contributed by atoms with Crippen molar-refractivity contribution in [2.75, 3.05) is 30.8 Å². The first-order chi connectivity index (χ1) is 19.7. The summed E-state index contributed by atoms with van der Waals surface area (Å²) in [4.78, 5) is 25.3. The zero-order valence-electron chi connectivity index (χ0n) is 21.9. The van der Waals surface area contributed by atoms with Gasteiger partial charge in [-0.05, 0) is 61.0 Å². The maximum Gasteiger partial charge on any atom is 0.258 e. The van der Waals surface area contributed by atoms with Crippen molar-refractivity contribution in [3.8, 4) is 17.2 Å². The summed E-state index contributed by atoms with van der Waals surface area (Å²) in [5.74, 6) is 2.66. The van der Waals surface area contributed by atoms with Crippen molar-refractivity contribution in [1.29, 1.82) is 0 Å². The first kappa shape index (κ1) is 25.3. The number of benzene rings is 2. The number of fused-ring (bicyclic) bond motifs is 1. The molecule has 0 spiro atoms. The lowest BCUT2D eigenvalue weighted by atomic mass is 10.2. The summed E-state index contributed by atoms with van der Waals surface area (Å²) in [5, 5.41) is 15.4. The lowest BCUT2D eigenvalue weighted by Crippen LogP contribution is -2.22. The van der Waals surface area contributed by atoms with Crippen molar-refractivity contribution in [3.05, 3.63) is 90.4 Å². The molecular formula is C29H28N8O3. The third kappa shape index (κ3) is 5.54. The molecule has 202 valence electrons. The highest BCUT2D eigenvalue weighted by Gasteiger charge is 2.22. The number of pyridine rings is 1. The Morgan fingerprint density at radius 3 is 2.50 bits per heavy atom. The fourth-order valence-electron chi connectivity index (χ4n) is 4.58. The third-order valence-corrected chi connectivity index (χ3v) is 6.62. The van der Waals surface area contributed by atoms with Crippen LogP contribution in [0.25, 0.3) is 11.0 Å². The Morgan fingerprint density at radius 1 is 1.00 bits per heavy atom. The van der Waals surface area contributed by atoms with Crippen LogP contribution in [0, 0.1) is 0 Å². The minimum Gasteiger partial charge on any atom is -0.497 e. The van der Waals surface area contributed by atoms with Gasteiger partial charge in [-0.25, -0.2) is 19.6 Å². The molecule has 5 aromatic rings. The Hall–Kier alpha value is -5.03. The molecule has 1 saturated heterocycles. The summed E-state index contributed by atoms with van der Waals surface area (Å²) < 4.78 is 13.5. The van der Waals surface area contributed by atoms with Gasteiger partial charge >= 0.3 is 0 Å². The van der Waals surface area contributed by atoms with Gasteiger partial charge in [-0.2, -0.15) is 5.10 Å². The lowest BCUT2D eigenvalue weighted by Gasteiger charge is -2.12. The highest BCUT2D eigenvalue weighted by Crippen LogP contribution is 2.35. The molecule has 1 aliphatic rings. The Balaban J connectivity index is 1.27. The maximum absolute atomic E-state index is 12.6. The van der Waals surface area contributed by atoms with Gasteiger partial charge in [0.25, 0.3) is 5.91 Å². The number of nitrogens with zero attached hydrogens (tertiary/aromatic N) is 5. The van der Waals surface area contributed by atoms with Crippen molar-refractivity contribution >= 4 is 28.7 Å². The van der Waals surface area contributed by atoms with E-state index in [1.807, 2.05) is 35.0 Å². The van der Waals surface area contributed by atoms with Crippen LogP contribution in [-0.2, 0) is 6.54 Å².